The number of thioether (sulfide) groups is 1. The van der Waals surface area contributed by atoms with Crippen molar-refractivity contribution in [2.75, 3.05) is 11.5 Å². The molecule has 1 amide bonds. The molecular weight excluding hydrogens is 383 g/mol. The molecule has 27 heavy (non-hydrogen) atoms. The van der Waals surface area contributed by atoms with Gasteiger partial charge in [-0.05, 0) is 42.9 Å². The Hall–Kier alpha value is -2.37. The number of nitrogens with one attached hydrogen (secondary N) is 1. The van der Waals surface area contributed by atoms with Crippen LogP contribution in [0.1, 0.15) is 27.3 Å². The third-order valence-corrected chi connectivity index (χ3v) is 7.00. The summed E-state index contributed by atoms with van der Waals surface area (Å²) in [5.41, 5.74) is 1.01. The molecule has 5 nitrogen and oxygen atoms in total. The van der Waals surface area contributed by atoms with Gasteiger partial charge in [0.15, 0.2) is 0 Å². The van der Waals surface area contributed by atoms with Crippen LogP contribution in [0.5, 0.6) is 0 Å². The van der Waals surface area contributed by atoms with Crippen LogP contribution >= 0.6 is 23.1 Å². The molecule has 1 fully saturated rings. The molecule has 0 spiro atoms. The van der Waals surface area contributed by atoms with E-state index < -0.39 is 5.54 Å². The Morgan fingerprint density at radius 2 is 2.22 bits per heavy atom. The van der Waals surface area contributed by atoms with Crippen LogP contribution in [0.3, 0.4) is 0 Å². The van der Waals surface area contributed by atoms with E-state index in [9.17, 15) is 14.4 Å². The molecule has 1 saturated heterocycles. The molecule has 3 heterocycles. The zero-order valence-electron chi connectivity index (χ0n) is 14.7. The van der Waals surface area contributed by atoms with Crippen LogP contribution in [0.25, 0.3) is 10.2 Å². The first kappa shape index (κ1) is 18.0. The quantitative estimate of drug-likeness (QED) is 0.725. The molecule has 1 N–H and O–H groups in total. The third-order valence-electron chi connectivity index (χ3n) is 4.67. The standard InChI is InChI=1S/C19H17FN4OS2/c1-12-15-8-16(17(25)22-19(10-21)6-7-26-11-19)27-18(15)24(23-12)9-13-2-4-14(20)5-3-13/h2-5,8H,6-7,9,11H2,1H3,(H,22,25). The van der Waals surface area contributed by atoms with Crippen molar-refractivity contribution in [1.29, 1.82) is 5.26 Å². The number of fused-ring (bicyclic) bond motifs is 1. The average molecular weight is 401 g/mol. The van der Waals surface area contributed by atoms with Crippen molar-refractivity contribution in [3.8, 4) is 6.07 Å². The molecule has 1 atom stereocenters. The van der Waals surface area contributed by atoms with Crippen molar-refractivity contribution in [3.05, 3.63) is 52.3 Å². The van der Waals surface area contributed by atoms with E-state index in [-0.39, 0.29) is 11.7 Å². The predicted octanol–water partition coefficient (Wildman–Crippen LogP) is 3.72. The summed E-state index contributed by atoms with van der Waals surface area (Å²) < 4.78 is 15.0. The fourth-order valence-corrected chi connectivity index (χ4v) is 5.48. The number of hydrogen-bond donors (Lipinski definition) is 1. The fourth-order valence-electron chi connectivity index (χ4n) is 3.15. The zero-order chi connectivity index (χ0) is 19.0. The second kappa shape index (κ2) is 6.98. The molecule has 0 saturated carbocycles. The molecule has 0 radical (unpaired) electrons. The smallest absolute Gasteiger partial charge is 0.262 e. The Kier molecular flexibility index (Phi) is 4.66. The number of halogens is 1. The summed E-state index contributed by atoms with van der Waals surface area (Å²) in [7, 11) is 0. The van der Waals surface area contributed by atoms with E-state index in [1.54, 1.807) is 23.9 Å². The number of aryl methyl sites for hydroxylation is 1. The molecule has 8 heteroatoms. The highest BCUT2D eigenvalue weighted by atomic mass is 32.2. The maximum atomic E-state index is 13.1. The first-order chi connectivity index (χ1) is 13.0. The van der Waals surface area contributed by atoms with Crippen molar-refractivity contribution in [2.24, 2.45) is 0 Å². The van der Waals surface area contributed by atoms with Crippen molar-refractivity contribution in [3.63, 3.8) is 0 Å². The molecule has 1 aromatic carbocycles. The maximum absolute atomic E-state index is 13.1. The summed E-state index contributed by atoms with van der Waals surface area (Å²) in [5.74, 6) is 1.02. The first-order valence-corrected chi connectivity index (χ1v) is 10.5. The van der Waals surface area contributed by atoms with Crippen LogP contribution in [0.15, 0.2) is 30.3 Å². The summed E-state index contributed by atoms with van der Waals surface area (Å²) in [6.07, 6.45) is 0.669. The number of thiophene rings is 1. The van der Waals surface area contributed by atoms with Crippen molar-refractivity contribution in [1.82, 2.24) is 15.1 Å². The molecule has 1 aliphatic rings. The number of nitriles is 1. The third kappa shape index (κ3) is 3.45. The second-order valence-electron chi connectivity index (χ2n) is 6.65. The van der Waals surface area contributed by atoms with Crippen LogP contribution in [0.2, 0.25) is 0 Å². The normalized spacial score (nSPS) is 19.3. The average Bonchev–Trinajstić information content (AvgIpc) is 3.35. The van der Waals surface area contributed by atoms with E-state index in [4.69, 9.17) is 0 Å². The minimum Gasteiger partial charge on any atom is -0.332 e. The Labute approximate surface area is 164 Å². The number of nitrogens with zero attached hydrogens (tertiary/aromatic N) is 3. The topological polar surface area (TPSA) is 70.7 Å². The minimum atomic E-state index is -0.771. The van der Waals surface area contributed by atoms with E-state index in [2.05, 4.69) is 16.5 Å². The van der Waals surface area contributed by atoms with Crippen LogP contribution in [-0.2, 0) is 6.54 Å². The van der Waals surface area contributed by atoms with Crippen molar-refractivity contribution < 1.29 is 9.18 Å². The monoisotopic (exact) mass is 400 g/mol. The summed E-state index contributed by atoms with van der Waals surface area (Å²) in [4.78, 5) is 14.2. The largest absolute Gasteiger partial charge is 0.332 e. The van der Waals surface area contributed by atoms with E-state index in [1.165, 1.54) is 23.5 Å². The predicted molar refractivity (Wildman–Crippen MR) is 106 cm³/mol. The molecular formula is C19H17FN4OS2. The SMILES string of the molecule is Cc1nn(Cc2ccc(F)cc2)c2sc(C(=O)NC3(C#N)CCSC3)cc12. The van der Waals surface area contributed by atoms with E-state index in [0.29, 0.717) is 23.6 Å². The van der Waals surface area contributed by atoms with Gasteiger partial charge in [0.1, 0.15) is 16.2 Å². The highest BCUT2D eigenvalue weighted by Crippen LogP contribution is 2.31. The second-order valence-corrected chi connectivity index (χ2v) is 8.79. The van der Waals surface area contributed by atoms with Gasteiger partial charge in [0.05, 0.1) is 23.2 Å². The van der Waals surface area contributed by atoms with Gasteiger partial charge >= 0.3 is 0 Å². The van der Waals surface area contributed by atoms with E-state index >= 15 is 0 Å². The number of amides is 1. The maximum Gasteiger partial charge on any atom is 0.262 e. The Balaban J connectivity index is 1.61. The van der Waals surface area contributed by atoms with Gasteiger partial charge in [-0.2, -0.15) is 22.1 Å². The number of carbonyl (C=O) groups is 1. The van der Waals surface area contributed by atoms with Crippen LogP contribution in [0, 0.1) is 24.1 Å². The lowest BCUT2D eigenvalue weighted by Crippen LogP contribution is -2.47. The molecule has 3 aromatic rings. The Morgan fingerprint density at radius 3 is 2.89 bits per heavy atom. The summed E-state index contributed by atoms with van der Waals surface area (Å²) in [5, 5.41) is 17.9. The number of aromatic nitrogens is 2. The molecule has 138 valence electrons. The highest BCUT2D eigenvalue weighted by Gasteiger charge is 2.36. The lowest BCUT2D eigenvalue weighted by molar-refractivity contribution is 0.0930. The van der Waals surface area contributed by atoms with Crippen molar-refractivity contribution >= 4 is 39.2 Å². The lowest BCUT2D eigenvalue weighted by Gasteiger charge is -2.20. The van der Waals surface area contributed by atoms with E-state index in [0.717, 1.165) is 27.2 Å². The van der Waals surface area contributed by atoms with E-state index in [1.807, 2.05) is 17.7 Å². The molecule has 4 rings (SSSR count). The molecule has 1 aliphatic heterocycles. The Morgan fingerprint density at radius 1 is 1.44 bits per heavy atom. The molecule has 2 aromatic heterocycles. The first-order valence-electron chi connectivity index (χ1n) is 8.53. The van der Waals surface area contributed by atoms with Crippen molar-refractivity contribution in [2.45, 2.75) is 25.4 Å². The van der Waals surface area contributed by atoms with Gasteiger partial charge in [0.25, 0.3) is 5.91 Å². The Bertz CT molecular complexity index is 1040. The minimum absolute atomic E-state index is 0.215. The molecule has 1 unspecified atom stereocenters. The van der Waals surface area contributed by atoms with Gasteiger partial charge in [-0.3, -0.25) is 9.48 Å². The number of benzene rings is 1. The fraction of sp³-hybridized carbons (Fsp3) is 0.316. The number of carbonyl (C=O) groups excluding carboxylic acids is 1. The van der Waals surface area contributed by atoms with Gasteiger partial charge in [-0.1, -0.05) is 12.1 Å². The van der Waals surface area contributed by atoms with Crippen LogP contribution in [-0.4, -0.2) is 32.7 Å². The van der Waals surface area contributed by atoms with Crippen LogP contribution < -0.4 is 5.32 Å². The summed E-state index contributed by atoms with van der Waals surface area (Å²) in [6, 6.07) is 10.4. The van der Waals surface area contributed by atoms with Crippen LogP contribution in [0.4, 0.5) is 4.39 Å². The lowest BCUT2D eigenvalue weighted by atomic mass is 10.0. The zero-order valence-corrected chi connectivity index (χ0v) is 16.3. The number of rotatable bonds is 4. The number of hydrogen-bond acceptors (Lipinski definition) is 5. The van der Waals surface area contributed by atoms with Gasteiger partial charge in [-0.15, -0.1) is 11.3 Å². The highest BCUT2D eigenvalue weighted by molar-refractivity contribution is 7.99. The van der Waals surface area contributed by atoms with Gasteiger partial charge < -0.3 is 5.32 Å². The van der Waals surface area contributed by atoms with Gasteiger partial charge in [-0.25, -0.2) is 4.39 Å². The molecule has 0 aliphatic carbocycles. The summed E-state index contributed by atoms with van der Waals surface area (Å²) >= 11 is 3.05. The molecule has 0 bridgehead atoms. The van der Waals surface area contributed by atoms with Gasteiger partial charge in [0.2, 0.25) is 0 Å². The summed E-state index contributed by atoms with van der Waals surface area (Å²) in [6.45, 7) is 2.41. The van der Waals surface area contributed by atoms with Gasteiger partial charge in [0, 0.05) is 11.1 Å².